The maximum atomic E-state index is 15.0. The van der Waals surface area contributed by atoms with Gasteiger partial charge >= 0.3 is 5.97 Å². The number of hydrogen-bond acceptors (Lipinski definition) is 9. The third-order valence-electron chi connectivity index (χ3n) is 11.6. The van der Waals surface area contributed by atoms with Gasteiger partial charge in [-0.25, -0.2) is 0 Å². The third-order valence-corrected chi connectivity index (χ3v) is 11.6. The maximum Gasteiger partial charge on any atom is 0.313 e. The second-order valence-corrected chi connectivity index (χ2v) is 14.3. The van der Waals surface area contributed by atoms with Gasteiger partial charge in [0.25, 0.3) is 0 Å². The Hall–Kier alpha value is -3.58. The zero-order valence-electron chi connectivity index (χ0n) is 29.7. The van der Waals surface area contributed by atoms with Crippen LogP contribution in [0.5, 0.6) is 0 Å². The van der Waals surface area contributed by atoms with Crippen molar-refractivity contribution in [3.05, 3.63) is 60.2 Å². The zero-order chi connectivity index (χ0) is 35.6. The minimum atomic E-state index is -1.40. The molecule has 0 aliphatic carbocycles. The van der Waals surface area contributed by atoms with Gasteiger partial charge in [-0.05, 0) is 24.8 Å². The number of benzene rings is 1. The number of hydrogen-bond donors (Lipinski definition) is 1. The van der Waals surface area contributed by atoms with E-state index in [-0.39, 0.29) is 37.3 Å². The van der Waals surface area contributed by atoms with Crippen molar-refractivity contribution in [2.45, 2.75) is 76.0 Å². The average Bonchev–Trinajstić information content (AvgIpc) is 3.78. The molecule has 3 saturated heterocycles. The van der Waals surface area contributed by atoms with Crippen LogP contribution < -0.4 is 0 Å². The van der Waals surface area contributed by atoms with Crippen molar-refractivity contribution in [3.8, 4) is 0 Å². The fourth-order valence-electron chi connectivity index (χ4n) is 8.30. The van der Waals surface area contributed by atoms with E-state index in [1.807, 2.05) is 63.3 Å². The number of carbonyl (C=O) groups is 4. The van der Waals surface area contributed by atoms with E-state index in [0.29, 0.717) is 39.1 Å². The summed E-state index contributed by atoms with van der Waals surface area (Å²) < 4.78 is 18.5. The Morgan fingerprint density at radius 1 is 1.02 bits per heavy atom. The van der Waals surface area contributed by atoms with Crippen molar-refractivity contribution in [1.82, 2.24) is 19.6 Å². The Morgan fingerprint density at radius 3 is 2.46 bits per heavy atom. The number of rotatable bonds is 8. The van der Waals surface area contributed by atoms with Gasteiger partial charge in [0.15, 0.2) is 0 Å². The molecule has 0 radical (unpaired) electrons. The first kappa shape index (κ1) is 36.2. The van der Waals surface area contributed by atoms with Crippen LogP contribution in [0, 0.1) is 17.8 Å². The predicted octanol–water partition coefficient (Wildman–Crippen LogP) is 2.19. The fraction of sp³-hybridized carbons (Fsp3) is 0.632. The van der Waals surface area contributed by atoms with Gasteiger partial charge in [0.1, 0.15) is 23.7 Å². The summed E-state index contributed by atoms with van der Waals surface area (Å²) in [5, 5.41) is 10.8. The molecule has 1 spiro atoms. The molecule has 5 bridgehead atoms. The van der Waals surface area contributed by atoms with Crippen LogP contribution >= 0.6 is 0 Å². The van der Waals surface area contributed by atoms with Gasteiger partial charge in [0, 0.05) is 46.2 Å². The van der Waals surface area contributed by atoms with Crippen LogP contribution in [-0.2, 0) is 33.4 Å². The van der Waals surface area contributed by atoms with Gasteiger partial charge < -0.3 is 34.0 Å². The number of cyclic esters (lactones) is 1. The van der Waals surface area contributed by atoms with Gasteiger partial charge in [-0.3, -0.25) is 24.1 Å². The van der Waals surface area contributed by atoms with E-state index in [0.717, 1.165) is 18.7 Å². The molecule has 50 heavy (non-hydrogen) atoms. The zero-order valence-corrected chi connectivity index (χ0v) is 29.7. The molecule has 6 rings (SSSR count). The van der Waals surface area contributed by atoms with Crippen molar-refractivity contribution in [2.24, 2.45) is 17.8 Å². The number of aliphatic hydroxyl groups excluding tert-OH is 1. The fourth-order valence-corrected chi connectivity index (χ4v) is 8.30. The van der Waals surface area contributed by atoms with Crippen molar-refractivity contribution in [3.63, 3.8) is 0 Å². The first-order valence-electron chi connectivity index (χ1n) is 18.2. The van der Waals surface area contributed by atoms with Crippen LogP contribution in [0.4, 0.5) is 0 Å². The van der Waals surface area contributed by atoms with Crippen molar-refractivity contribution in [2.75, 3.05) is 59.6 Å². The predicted molar refractivity (Wildman–Crippen MR) is 184 cm³/mol. The van der Waals surface area contributed by atoms with Gasteiger partial charge in [-0.15, -0.1) is 0 Å². The van der Waals surface area contributed by atoms with E-state index < -0.39 is 59.6 Å². The molecule has 5 aliphatic rings. The molecule has 1 aromatic carbocycles. The highest BCUT2D eigenvalue weighted by Crippen LogP contribution is 2.56. The highest BCUT2D eigenvalue weighted by molar-refractivity contribution is 5.99. The molecule has 12 heteroatoms. The lowest BCUT2D eigenvalue weighted by Gasteiger charge is -2.41. The standard InChI is InChI=1S/C38H52N4O8/c1-5-25(2)28(24-43)42-34-36(46)41(19-18-40-20-22-48-23-21-40)17-11-7-10-14-30(44)39(4)26(3)33(27-12-8-6-9-13-27)49-37(47)31-29-15-16-38(34,50-29)32(31)35(42)45/h6-9,11-13,15-16,25-26,28-29,31-34,43H,5,10,14,17-24H2,1-4H3/b11-7-/t25-,26+,28-,29-,31+,32+,33-,34-,38+/m0/s1. The number of aliphatic hydroxyl groups is 1. The topological polar surface area (TPSA) is 129 Å². The van der Waals surface area contributed by atoms with E-state index in [1.165, 1.54) is 4.90 Å². The van der Waals surface area contributed by atoms with Crippen LogP contribution in [0.2, 0.25) is 0 Å². The van der Waals surface area contributed by atoms with Gasteiger partial charge in [0.2, 0.25) is 17.7 Å². The number of amides is 3. The number of carbonyl (C=O) groups excluding carboxylic acids is 4. The molecule has 1 aromatic rings. The minimum absolute atomic E-state index is 0.0983. The molecule has 12 nitrogen and oxygen atoms in total. The second kappa shape index (κ2) is 15.3. The lowest BCUT2D eigenvalue weighted by Crippen LogP contribution is -2.60. The summed E-state index contributed by atoms with van der Waals surface area (Å²) in [5.74, 6) is -3.56. The summed E-state index contributed by atoms with van der Waals surface area (Å²) in [4.78, 5) is 64.8. The first-order valence-corrected chi connectivity index (χ1v) is 18.2. The Morgan fingerprint density at radius 2 is 1.76 bits per heavy atom. The number of esters is 1. The molecule has 272 valence electrons. The molecular weight excluding hydrogens is 640 g/mol. The highest BCUT2D eigenvalue weighted by atomic mass is 16.6. The normalized spacial score (nSPS) is 34.2. The van der Waals surface area contributed by atoms with Crippen LogP contribution in [-0.4, -0.2) is 138 Å². The monoisotopic (exact) mass is 692 g/mol. The van der Waals surface area contributed by atoms with Crippen LogP contribution in [0.15, 0.2) is 54.6 Å². The van der Waals surface area contributed by atoms with E-state index in [1.54, 1.807) is 29.0 Å². The van der Waals surface area contributed by atoms with E-state index in [2.05, 4.69) is 4.90 Å². The smallest absolute Gasteiger partial charge is 0.313 e. The molecule has 0 aromatic heterocycles. The largest absolute Gasteiger partial charge is 0.455 e. The summed E-state index contributed by atoms with van der Waals surface area (Å²) in [7, 11) is 1.71. The number of allylic oxidation sites excluding steroid dienone is 1. The second-order valence-electron chi connectivity index (χ2n) is 14.3. The van der Waals surface area contributed by atoms with Gasteiger partial charge in [-0.1, -0.05) is 74.9 Å². The van der Waals surface area contributed by atoms with Gasteiger partial charge in [0.05, 0.1) is 43.9 Å². The molecule has 3 amide bonds. The molecule has 5 heterocycles. The molecular formula is C38H52N4O8. The van der Waals surface area contributed by atoms with Crippen LogP contribution in [0.3, 0.4) is 0 Å². The summed E-state index contributed by atoms with van der Waals surface area (Å²) in [6.07, 6.45) is 7.21. The summed E-state index contributed by atoms with van der Waals surface area (Å²) in [6.45, 7) is 9.51. The van der Waals surface area contributed by atoms with E-state index in [9.17, 15) is 19.5 Å². The molecule has 9 atom stereocenters. The number of likely N-dealkylation sites (tertiary alicyclic amines) is 1. The minimum Gasteiger partial charge on any atom is -0.455 e. The first-order chi connectivity index (χ1) is 24.1. The number of nitrogens with zero attached hydrogens (tertiary/aromatic N) is 4. The van der Waals surface area contributed by atoms with E-state index >= 15 is 4.79 Å². The Kier molecular flexibility index (Phi) is 11.1. The molecule has 3 fully saturated rings. The molecule has 0 unspecified atom stereocenters. The summed E-state index contributed by atoms with van der Waals surface area (Å²) in [6, 6.07) is 7.04. The number of ether oxygens (including phenoxy) is 3. The highest BCUT2D eigenvalue weighted by Gasteiger charge is 2.74. The lowest BCUT2D eigenvalue weighted by atomic mass is 9.74. The van der Waals surface area contributed by atoms with Crippen molar-refractivity contribution < 1.29 is 38.5 Å². The average molecular weight is 693 g/mol. The van der Waals surface area contributed by atoms with Crippen LogP contribution in [0.1, 0.15) is 51.7 Å². The van der Waals surface area contributed by atoms with Gasteiger partial charge in [-0.2, -0.15) is 0 Å². The quantitative estimate of drug-likeness (QED) is 0.322. The molecule has 1 N–H and O–H groups in total. The molecule has 0 saturated carbocycles. The van der Waals surface area contributed by atoms with E-state index in [4.69, 9.17) is 14.2 Å². The summed E-state index contributed by atoms with van der Waals surface area (Å²) >= 11 is 0. The lowest BCUT2D eigenvalue weighted by molar-refractivity contribution is -0.164. The number of fused-ring (bicyclic) bond motifs is 2. The van der Waals surface area contributed by atoms with Crippen molar-refractivity contribution >= 4 is 23.7 Å². The third kappa shape index (κ3) is 6.63. The number of likely N-dealkylation sites (N-methyl/N-ethyl adjacent to an activating group) is 1. The summed E-state index contributed by atoms with van der Waals surface area (Å²) in [5.41, 5.74) is -0.681. The Labute approximate surface area is 295 Å². The Bertz CT molecular complexity index is 1460. The maximum absolute atomic E-state index is 15.0. The van der Waals surface area contributed by atoms with Crippen molar-refractivity contribution in [1.29, 1.82) is 0 Å². The molecule has 5 aliphatic heterocycles. The van der Waals surface area contributed by atoms with Crippen LogP contribution in [0.25, 0.3) is 0 Å². The Balaban J connectivity index is 1.42. The number of morpholine rings is 1. The SMILES string of the molecule is CC[C@H](C)[C@H](CO)N1C(=O)[C@H]2[C@@H]3C(=O)O[C@H](c4ccccc4)[C@@H](C)N(C)C(=O)CC/C=C\CN(CCN4CCOCC4)C(=O)[C@H]1[C@@]21C=C[C@@H]3O1.